The van der Waals surface area contributed by atoms with Crippen molar-refractivity contribution in [3.05, 3.63) is 41.7 Å². The van der Waals surface area contributed by atoms with Crippen LogP contribution in [0.3, 0.4) is 0 Å². The van der Waals surface area contributed by atoms with Crippen molar-refractivity contribution in [2.75, 3.05) is 6.54 Å². The lowest BCUT2D eigenvalue weighted by atomic mass is 10.3. The predicted octanol–water partition coefficient (Wildman–Crippen LogP) is 1.37. The van der Waals surface area contributed by atoms with Crippen LogP contribution in [-0.2, 0) is 14.8 Å². The molecule has 0 radical (unpaired) electrons. The maximum atomic E-state index is 11.7. The molecule has 1 aromatic rings. The van der Waals surface area contributed by atoms with E-state index in [4.69, 9.17) is 4.42 Å². The van der Waals surface area contributed by atoms with Crippen molar-refractivity contribution in [1.29, 1.82) is 0 Å². The van der Waals surface area contributed by atoms with Crippen molar-refractivity contribution in [3.63, 3.8) is 0 Å². The van der Waals surface area contributed by atoms with Crippen molar-refractivity contribution < 1.29 is 17.6 Å². The molecule has 0 spiro atoms. The third kappa shape index (κ3) is 2.65. The number of carbonyl (C=O) groups is 1. The van der Waals surface area contributed by atoms with Crippen molar-refractivity contribution in [2.45, 2.75) is 6.42 Å². The number of sulfonamides is 1. The Hall–Kier alpha value is -1.82. The summed E-state index contributed by atoms with van der Waals surface area (Å²) in [7, 11) is -3.59. The molecule has 0 N–H and O–H groups in total. The fourth-order valence-electron chi connectivity index (χ4n) is 1.44. The molecule has 2 heterocycles. The molecule has 2 rings (SSSR count). The monoisotopic (exact) mass is 253 g/mol. The third-order valence-corrected chi connectivity index (χ3v) is 3.79. The smallest absolute Gasteiger partial charge is 0.260 e. The van der Waals surface area contributed by atoms with Crippen LogP contribution in [-0.4, -0.2) is 25.2 Å². The Morgan fingerprint density at radius 1 is 1.47 bits per heavy atom. The van der Waals surface area contributed by atoms with Gasteiger partial charge in [0.1, 0.15) is 0 Å². The van der Waals surface area contributed by atoms with E-state index in [1.54, 1.807) is 12.1 Å². The van der Waals surface area contributed by atoms with E-state index in [2.05, 4.69) is 0 Å². The quantitative estimate of drug-likeness (QED) is 0.746. The summed E-state index contributed by atoms with van der Waals surface area (Å²) in [6, 6.07) is 1.67. The van der Waals surface area contributed by atoms with E-state index >= 15 is 0 Å². The molecule has 0 saturated carbocycles. The Bertz CT molecular complexity index is 554. The summed E-state index contributed by atoms with van der Waals surface area (Å²) in [5.74, 6) is -0.546. The van der Waals surface area contributed by atoms with Gasteiger partial charge in [0.25, 0.3) is 15.9 Å². The highest BCUT2D eigenvalue weighted by atomic mass is 32.2. The summed E-state index contributed by atoms with van der Waals surface area (Å²) >= 11 is 0. The average molecular weight is 253 g/mol. The summed E-state index contributed by atoms with van der Waals surface area (Å²) in [4.78, 5) is 11.7. The minimum absolute atomic E-state index is 0.188. The molecule has 0 aromatic carbocycles. The van der Waals surface area contributed by atoms with Gasteiger partial charge in [0.05, 0.1) is 12.5 Å². The lowest BCUT2D eigenvalue weighted by Gasteiger charge is -2.21. The van der Waals surface area contributed by atoms with Gasteiger partial charge in [-0.05, 0) is 18.6 Å². The second-order valence-electron chi connectivity index (χ2n) is 3.51. The second kappa shape index (κ2) is 4.58. The largest absolute Gasteiger partial charge is 0.472 e. The summed E-state index contributed by atoms with van der Waals surface area (Å²) in [5.41, 5.74) is 0.711. The fraction of sp³-hybridized carbons (Fsp3) is 0.182. The molecule has 0 saturated heterocycles. The van der Waals surface area contributed by atoms with Crippen LogP contribution in [0.5, 0.6) is 0 Å². The molecule has 1 aliphatic heterocycles. The van der Waals surface area contributed by atoms with Gasteiger partial charge >= 0.3 is 0 Å². The van der Waals surface area contributed by atoms with Crippen LogP contribution in [0.25, 0.3) is 6.08 Å². The second-order valence-corrected chi connectivity index (χ2v) is 5.25. The van der Waals surface area contributed by atoms with Crippen LogP contribution in [0.15, 0.2) is 40.6 Å². The number of amides is 1. The number of nitrogens with zero attached hydrogens (tertiary/aromatic N) is 1. The van der Waals surface area contributed by atoms with Crippen LogP contribution < -0.4 is 0 Å². The molecule has 17 heavy (non-hydrogen) atoms. The molecule has 0 bridgehead atoms. The molecular formula is C11H11NO4S. The van der Waals surface area contributed by atoms with Gasteiger partial charge in [-0.25, -0.2) is 12.7 Å². The minimum atomic E-state index is -3.59. The molecule has 1 amide bonds. The highest BCUT2D eigenvalue weighted by molar-refractivity contribution is 7.92. The fourth-order valence-corrected chi connectivity index (χ4v) is 2.64. The highest BCUT2D eigenvalue weighted by Crippen LogP contribution is 2.13. The van der Waals surface area contributed by atoms with Gasteiger partial charge in [0.2, 0.25) is 0 Å². The lowest BCUT2D eigenvalue weighted by Crippen LogP contribution is -2.36. The van der Waals surface area contributed by atoms with Crippen molar-refractivity contribution >= 4 is 22.0 Å². The lowest BCUT2D eigenvalue weighted by molar-refractivity contribution is -0.121. The SMILES string of the molecule is O=C(/C=C/c1ccoc1)N1CCC=CS1(=O)=O. The molecule has 5 nitrogen and oxygen atoms in total. The van der Waals surface area contributed by atoms with E-state index in [0.717, 1.165) is 9.71 Å². The molecule has 1 aromatic heterocycles. The number of carbonyl (C=O) groups excluding carboxylic acids is 1. The topological polar surface area (TPSA) is 67.6 Å². The predicted molar refractivity (Wildman–Crippen MR) is 62.1 cm³/mol. The summed E-state index contributed by atoms with van der Waals surface area (Å²) in [5, 5.41) is 1.06. The Balaban J connectivity index is 2.13. The Labute approximate surface area is 99.1 Å². The molecule has 1 aliphatic rings. The van der Waals surface area contributed by atoms with E-state index in [1.807, 2.05) is 0 Å². The van der Waals surface area contributed by atoms with Crippen LogP contribution in [0, 0.1) is 0 Å². The summed E-state index contributed by atoms with van der Waals surface area (Å²) in [6.07, 6.45) is 7.77. The Morgan fingerprint density at radius 2 is 2.29 bits per heavy atom. The normalized spacial score (nSPS) is 18.7. The van der Waals surface area contributed by atoms with E-state index in [1.165, 1.54) is 24.7 Å². The third-order valence-electron chi connectivity index (χ3n) is 2.28. The molecule has 0 unspecified atom stereocenters. The van der Waals surface area contributed by atoms with Gasteiger partial charge < -0.3 is 4.42 Å². The molecule has 6 heteroatoms. The van der Waals surface area contributed by atoms with Gasteiger partial charge in [-0.3, -0.25) is 4.79 Å². The number of furan rings is 1. The Morgan fingerprint density at radius 3 is 2.94 bits per heavy atom. The standard InChI is InChI=1S/C11H11NO4S/c13-11(4-3-10-5-7-16-9-10)12-6-1-2-8-17(12,14)15/h2-5,7-9H,1,6H2/b4-3+. The van der Waals surface area contributed by atoms with Gasteiger partial charge in [0, 0.05) is 23.6 Å². The van der Waals surface area contributed by atoms with Crippen LogP contribution in [0.1, 0.15) is 12.0 Å². The number of rotatable bonds is 2. The van der Waals surface area contributed by atoms with Gasteiger partial charge in [-0.15, -0.1) is 0 Å². The van der Waals surface area contributed by atoms with E-state index in [9.17, 15) is 13.2 Å². The first-order valence-corrected chi connectivity index (χ1v) is 6.53. The van der Waals surface area contributed by atoms with Crippen molar-refractivity contribution in [1.82, 2.24) is 4.31 Å². The molecule has 0 atom stereocenters. The average Bonchev–Trinajstić information content (AvgIpc) is 2.78. The minimum Gasteiger partial charge on any atom is -0.472 e. The van der Waals surface area contributed by atoms with Crippen molar-refractivity contribution in [2.24, 2.45) is 0 Å². The molecule has 0 fully saturated rings. The zero-order valence-corrected chi connectivity index (χ0v) is 9.76. The summed E-state index contributed by atoms with van der Waals surface area (Å²) in [6.45, 7) is 0.188. The van der Waals surface area contributed by atoms with E-state index in [0.29, 0.717) is 12.0 Å². The molecular weight excluding hydrogens is 242 g/mol. The first-order chi connectivity index (χ1) is 8.09. The van der Waals surface area contributed by atoms with Crippen LogP contribution >= 0.6 is 0 Å². The van der Waals surface area contributed by atoms with Gasteiger partial charge in [0.15, 0.2) is 0 Å². The first kappa shape index (κ1) is 11.7. The van der Waals surface area contributed by atoms with Crippen LogP contribution in [0.2, 0.25) is 0 Å². The van der Waals surface area contributed by atoms with E-state index in [-0.39, 0.29) is 6.54 Å². The van der Waals surface area contributed by atoms with Gasteiger partial charge in [-0.1, -0.05) is 6.08 Å². The van der Waals surface area contributed by atoms with Gasteiger partial charge in [-0.2, -0.15) is 0 Å². The maximum Gasteiger partial charge on any atom is 0.260 e. The highest BCUT2D eigenvalue weighted by Gasteiger charge is 2.25. The molecule has 0 aliphatic carbocycles. The van der Waals surface area contributed by atoms with Crippen LogP contribution in [0.4, 0.5) is 0 Å². The summed E-state index contributed by atoms with van der Waals surface area (Å²) < 4.78 is 28.8. The molecule has 90 valence electrons. The van der Waals surface area contributed by atoms with Crippen molar-refractivity contribution in [3.8, 4) is 0 Å². The Kier molecular flexibility index (Phi) is 3.14. The first-order valence-electron chi connectivity index (χ1n) is 5.03. The number of hydrogen-bond acceptors (Lipinski definition) is 4. The zero-order chi connectivity index (χ0) is 12.3. The number of hydrogen-bond donors (Lipinski definition) is 0. The maximum absolute atomic E-state index is 11.7. The van der Waals surface area contributed by atoms with E-state index < -0.39 is 15.9 Å². The zero-order valence-electron chi connectivity index (χ0n) is 8.94.